The van der Waals surface area contributed by atoms with Crippen molar-refractivity contribution in [3.05, 3.63) is 81.8 Å². The van der Waals surface area contributed by atoms with E-state index in [2.05, 4.69) is 11.4 Å². The number of anilines is 2. The first-order valence-corrected chi connectivity index (χ1v) is 10.9. The molecule has 0 saturated heterocycles. The minimum atomic E-state index is -1.74. The van der Waals surface area contributed by atoms with E-state index in [0.717, 1.165) is 17.7 Å². The molecule has 8 heteroatoms. The number of fused-ring (bicyclic) bond motifs is 3. The van der Waals surface area contributed by atoms with Gasteiger partial charge in [-0.3, -0.25) is 14.5 Å². The summed E-state index contributed by atoms with van der Waals surface area (Å²) in [6.45, 7) is 5.64. The molecule has 0 saturated carbocycles. The average Bonchev–Trinajstić information content (AvgIpc) is 3.00. The van der Waals surface area contributed by atoms with Crippen LogP contribution in [0, 0.1) is 35.3 Å². The molecule has 2 aromatic rings. The number of carbonyl (C=O) groups excluding carboxylic acids is 2. The van der Waals surface area contributed by atoms with E-state index in [0.29, 0.717) is 23.4 Å². The molecule has 3 N–H and O–H groups in total. The third-order valence-corrected chi connectivity index (χ3v) is 6.80. The molecule has 0 bridgehead atoms. The molecule has 0 unspecified atom stereocenters. The number of amides is 1. The summed E-state index contributed by atoms with van der Waals surface area (Å²) >= 11 is 0. The highest BCUT2D eigenvalue weighted by Crippen LogP contribution is 2.57. The highest BCUT2D eigenvalue weighted by molar-refractivity contribution is 6.20. The van der Waals surface area contributed by atoms with Crippen molar-refractivity contribution in [2.45, 2.75) is 39.0 Å². The summed E-state index contributed by atoms with van der Waals surface area (Å²) in [5.74, 6) is -2.70. The summed E-state index contributed by atoms with van der Waals surface area (Å²) < 4.78 is 28.7. The van der Waals surface area contributed by atoms with Gasteiger partial charge in [0, 0.05) is 35.0 Å². The van der Waals surface area contributed by atoms with Crippen LogP contribution in [0.25, 0.3) is 0 Å². The molecule has 2 heterocycles. The fraction of sp³-hybridized carbons (Fsp3) is 0.269. The molecular weight excluding hydrogens is 438 g/mol. The molecule has 1 amide bonds. The Bertz CT molecular complexity index is 1420. The van der Waals surface area contributed by atoms with Crippen LogP contribution in [0.3, 0.4) is 0 Å². The van der Waals surface area contributed by atoms with E-state index in [1.165, 1.54) is 11.0 Å². The van der Waals surface area contributed by atoms with Gasteiger partial charge in [0.25, 0.3) is 0 Å². The predicted molar refractivity (Wildman–Crippen MR) is 122 cm³/mol. The number of allylic oxidation sites excluding steroid dienone is 1. The van der Waals surface area contributed by atoms with E-state index in [9.17, 15) is 23.6 Å². The SMILES string of the molecule is Cc1ccc2c(c1)[C@]1(C(=O)N2)C(C#N)=C(N)N(c2ccc(F)cc2F)C2=C1C(=O)CC(C)(C)C2. The van der Waals surface area contributed by atoms with Gasteiger partial charge < -0.3 is 11.1 Å². The lowest BCUT2D eigenvalue weighted by Gasteiger charge is -2.46. The van der Waals surface area contributed by atoms with Crippen LogP contribution in [-0.4, -0.2) is 11.7 Å². The number of halogens is 2. The number of nitrogens with one attached hydrogen (secondary N) is 1. The summed E-state index contributed by atoms with van der Waals surface area (Å²) in [7, 11) is 0. The number of aryl methyl sites for hydroxylation is 1. The van der Waals surface area contributed by atoms with Crippen LogP contribution in [0.1, 0.15) is 37.8 Å². The van der Waals surface area contributed by atoms with Gasteiger partial charge in [0.1, 0.15) is 28.9 Å². The van der Waals surface area contributed by atoms with Crippen LogP contribution in [0.4, 0.5) is 20.2 Å². The molecule has 2 aromatic carbocycles. The van der Waals surface area contributed by atoms with Gasteiger partial charge >= 0.3 is 0 Å². The van der Waals surface area contributed by atoms with Crippen molar-refractivity contribution in [3.8, 4) is 6.07 Å². The molecule has 34 heavy (non-hydrogen) atoms. The number of hydrogen-bond acceptors (Lipinski definition) is 5. The van der Waals surface area contributed by atoms with Crippen molar-refractivity contribution in [2.75, 3.05) is 10.2 Å². The Kier molecular flexibility index (Phi) is 4.50. The summed E-state index contributed by atoms with van der Waals surface area (Å²) in [4.78, 5) is 28.7. The maximum Gasteiger partial charge on any atom is 0.245 e. The first-order valence-electron chi connectivity index (χ1n) is 10.9. The number of ketones is 1. The fourth-order valence-corrected chi connectivity index (χ4v) is 5.47. The minimum Gasteiger partial charge on any atom is -0.384 e. The van der Waals surface area contributed by atoms with Crippen LogP contribution >= 0.6 is 0 Å². The Morgan fingerprint density at radius 1 is 1.12 bits per heavy atom. The Balaban J connectivity index is 1.92. The van der Waals surface area contributed by atoms with Gasteiger partial charge in [-0.05, 0) is 37.0 Å². The van der Waals surface area contributed by atoms with E-state index < -0.39 is 28.4 Å². The van der Waals surface area contributed by atoms with Gasteiger partial charge in [0.05, 0.1) is 11.3 Å². The van der Waals surface area contributed by atoms with Gasteiger partial charge in [-0.2, -0.15) is 5.26 Å². The van der Waals surface area contributed by atoms with Crippen molar-refractivity contribution >= 4 is 23.1 Å². The predicted octanol–water partition coefficient (Wildman–Crippen LogP) is 4.32. The highest BCUT2D eigenvalue weighted by Gasteiger charge is 2.61. The number of hydrogen-bond donors (Lipinski definition) is 2. The normalized spacial score (nSPS) is 23.1. The number of nitrogens with two attached hydrogens (primary N) is 1. The Morgan fingerprint density at radius 2 is 1.85 bits per heavy atom. The van der Waals surface area contributed by atoms with Crippen LogP contribution < -0.4 is 16.0 Å². The van der Waals surface area contributed by atoms with Crippen molar-refractivity contribution in [3.63, 3.8) is 0 Å². The molecule has 0 radical (unpaired) electrons. The number of nitriles is 1. The third kappa shape index (κ3) is 2.76. The first-order chi connectivity index (χ1) is 16.0. The summed E-state index contributed by atoms with van der Waals surface area (Å²) in [5, 5.41) is 13.1. The first kappa shape index (κ1) is 21.8. The summed E-state index contributed by atoms with van der Waals surface area (Å²) in [5.41, 5.74) is 6.26. The molecule has 1 aliphatic carbocycles. The smallest absolute Gasteiger partial charge is 0.245 e. The molecule has 172 valence electrons. The van der Waals surface area contributed by atoms with E-state index in [-0.39, 0.29) is 34.9 Å². The monoisotopic (exact) mass is 460 g/mol. The third-order valence-electron chi connectivity index (χ3n) is 6.80. The lowest BCUT2D eigenvalue weighted by atomic mass is 9.60. The molecule has 5 rings (SSSR count). The molecule has 1 atom stereocenters. The zero-order chi connectivity index (χ0) is 24.6. The maximum atomic E-state index is 15.0. The second-order valence-corrected chi connectivity index (χ2v) is 9.82. The van der Waals surface area contributed by atoms with Crippen molar-refractivity contribution < 1.29 is 18.4 Å². The van der Waals surface area contributed by atoms with Gasteiger partial charge in [-0.1, -0.05) is 31.5 Å². The van der Waals surface area contributed by atoms with E-state index in [1.807, 2.05) is 26.8 Å². The topological polar surface area (TPSA) is 99.2 Å². The largest absolute Gasteiger partial charge is 0.384 e. The zero-order valence-corrected chi connectivity index (χ0v) is 18.9. The van der Waals surface area contributed by atoms with Gasteiger partial charge in [-0.25, -0.2) is 8.78 Å². The van der Waals surface area contributed by atoms with Gasteiger partial charge in [0.2, 0.25) is 5.91 Å². The number of nitrogens with zero attached hydrogens (tertiary/aromatic N) is 2. The molecular formula is C26H22F2N4O2. The van der Waals surface area contributed by atoms with Gasteiger partial charge in [-0.15, -0.1) is 0 Å². The Labute approximate surface area is 195 Å². The molecule has 1 spiro atoms. The number of rotatable bonds is 1. The fourth-order valence-electron chi connectivity index (χ4n) is 5.47. The van der Waals surface area contributed by atoms with Crippen molar-refractivity contribution in [2.24, 2.45) is 11.1 Å². The Hall–Kier alpha value is -3.99. The maximum absolute atomic E-state index is 15.0. The molecule has 3 aliphatic rings. The standard InChI is InChI=1S/C26H22F2N4O2/c1-13-4-6-18-15(8-13)26(24(34)31-18)16(12-29)23(30)32(19-7-5-14(27)9-17(19)28)20-10-25(2,3)11-21(33)22(20)26/h4-9H,10-11,30H2,1-3H3,(H,31,34)/t26-/m0/s1. The van der Waals surface area contributed by atoms with Gasteiger partial charge in [0.15, 0.2) is 5.78 Å². The van der Waals surface area contributed by atoms with Crippen LogP contribution in [0.2, 0.25) is 0 Å². The van der Waals surface area contributed by atoms with Crippen LogP contribution in [0.5, 0.6) is 0 Å². The Morgan fingerprint density at radius 3 is 2.53 bits per heavy atom. The number of benzene rings is 2. The van der Waals surface area contributed by atoms with E-state index >= 15 is 0 Å². The summed E-state index contributed by atoms with van der Waals surface area (Å²) in [6.07, 6.45) is 0.431. The lowest BCUT2D eigenvalue weighted by molar-refractivity contribution is -0.123. The van der Waals surface area contributed by atoms with E-state index in [4.69, 9.17) is 5.73 Å². The molecule has 2 aliphatic heterocycles. The average molecular weight is 460 g/mol. The van der Waals surface area contributed by atoms with Crippen LogP contribution in [0.15, 0.2) is 59.1 Å². The van der Waals surface area contributed by atoms with Crippen molar-refractivity contribution in [1.82, 2.24) is 0 Å². The summed E-state index contributed by atoms with van der Waals surface area (Å²) in [6, 6.07) is 10.4. The second kappa shape index (κ2) is 7.00. The van der Waals surface area contributed by atoms with Crippen molar-refractivity contribution in [1.29, 1.82) is 5.26 Å². The molecule has 6 nitrogen and oxygen atoms in total. The second-order valence-electron chi connectivity index (χ2n) is 9.82. The minimum absolute atomic E-state index is 0.0950. The molecule has 0 fully saturated rings. The van der Waals surface area contributed by atoms with E-state index in [1.54, 1.807) is 12.1 Å². The molecule has 0 aromatic heterocycles. The number of carbonyl (C=O) groups is 2. The quantitative estimate of drug-likeness (QED) is 0.660. The zero-order valence-electron chi connectivity index (χ0n) is 18.9. The lowest BCUT2D eigenvalue weighted by Crippen LogP contribution is -2.52. The highest BCUT2D eigenvalue weighted by atomic mass is 19.1. The number of Topliss-reactive ketones (excluding diaryl/α,β-unsaturated/α-hetero) is 1. The van der Waals surface area contributed by atoms with Crippen LogP contribution in [-0.2, 0) is 15.0 Å².